The van der Waals surface area contributed by atoms with Crippen molar-refractivity contribution < 1.29 is 14.2 Å². The van der Waals surface area contributed by atoms with Crippen LogP contribution in [0.1, 0.15) is 23.1 Å². The lowest BCUT2D eigenvalue weighted by Crippen LogP contribution is -2.48. The molecule has 116 valence electrons. The summed E-state index contributed by atoms with van der Waals surface area (Å²) >= 11 is 0. The zero-order valence-corrected chi connectivity index (χ0v) is 12.6. The number of ether oxygens (including phenoxy) is 1. The highest BCUT2D eigenvalue weighted by Crippen LogP contribution is 2.36. The van der Waals surface area contributed by atoms with Crippen molar-refractivity contribution in [2.45, 2.75) is 25.4 Å². The van der Waals surface area contributed by atoms with Crippen LogP contribution in [-0.4, -0.2) is 18.3 Å². The summed E-state index contributed by atoms with van der Waals surface area (Å²) in [7, 11) is 0. The molecule has 0 saturated heterocycles. The fourth-order valence-corrected chi connectivity index (χ4v) is 2.97. The Kier molecular flexibility index (Phi) is 4.14. The van der Waals surface area contributed by atoms with Crippen molar-refractivity contribution in [3.63, 3.8) is 0 Å². The van der Waals surface area contributed by atoms with E-state index in [2.05, 4.69) is 5.32 Å². The molecule has 0 bridgehead atoms. The van der Waals surface area contributed by atoms with E-state index in [-0.39, 0.29) is 12.4 Å². The van der Waals surface area contributed by atoms with E-state index in [1.165, 1.54) is 0 Å². The summed E-state index contributed by atoms with van der Waals surface area (Å²) in [6, 6.07) is 13.0. The minimum absolute atomic E-state index is 0.0548. The number of aliphatic hydroxyl groups excluding tert-OH is 1. The monoisotopic (exact) mass is 301 g/mol. The maximum atomic E-state index is 14.2. The van der Waals surface area contributed by atoms with Crippen LogP contribution in [0.15, 0.2) is 42.5 Å². The molecule has 1 unspecified atom stereocenters. The quantitative estimate of drug-likeness (QED) is 0.912. The molecule has 3 nitrogen and oxygen atoms in total. The van der Waals surface area contributed by atoms with Gasteiger partial charge in [-0.25, -0.2) is 4.39 Å². The third-order valence-electron chi connectivity index (χ3n) is 4.35. The summed E-state index contributed by atoms with van der Waals surface area (Å²) < 4.78 is 19.8. The number of hydrogen-bond acceptors (Lipinski definition) is 3. The second kappa shape index (κ2) is 6.07. The fraction of sp³-hybridized carbons (Fsp3) is 0.333. The van der Waals surface area contributed by atoms with E-state index in [4.69, 9.17) is 4.74 Å². The molecule has 1 atom stereocenters. The van der Waals surface area contributed by atoms with Gasteiger partial charge in [-0.05, 0) is 18.6 Å². The van der Waals surface area contributed by atoms with Crippen LogP contribution in [-0.2, 0) is 12.1 Å². The van der Waals surface area contributed by atoms with E-state index in [1.54, 1.807) is 19.1 Å². The first-order valence-corrected chi connectivity index (χ1v) is 7.48. The maximum absolute atomic E-state index is 14.2. The predicted octanol–water partition coefficient (Wildman–Crippen LogP) is 2.89. The number of rotatable bonds is 4. The summed E-state index contributed by atoms with van der Waals surface area (Å²) in [5.41, 5.74) is 1.57. The normalized spacial score (nSPS) is 20.3. The molecule has 0 aromatic heterocycles. The van der Waals surface area contributed by atoms with Crippen molar-refractivity contribution in [1.82, 2.24) is 5.32 Å². The predicted molar refractivity (Wildman–Crippen MR) is 83.3 cm³/mol. The highest BCUT2D eigenvalue weighted by Gasteiger charge is 2.36. The molecule has 0 saturated carbocycles. The zero-order chi connectivity index (χ0) is 15.6. The van der Waals surface area contributed by atoms with Crippen LogP contribution in [0.4, 0.5) is 4.39 Å². The average molecular weight is 301 g/mol. The lowest BCUT2D eigenvalue weighted by molar-refractivity contribution is 0.105. The molecule has 1 aliphatic heterocycles. The number of benzene rings is 2. The van der Waals surface area contributed by atoms with E-state index in [0.717, 1.165) is 11.3 Å². The molecule has 2 N–H and O–H groups in total. The number of nitrogens with one attached hydrogen (secondary N) is 1. The Hall–Kier alpha value is -1.91. The standard InChI is InChI=1S/C18H20FNO2/c1-13-5-4-6-14(17(13)19)11-20-18(12-21)9-10-22-16-8-3-2-7-15(16)18/h2-8,20-21H,9-12H2,1H3. The SMILES string of the molecule is Cc1cccc(CNC2(CO)CCOc3ccccc32)c1F. The highest BCUT2D eigenvalue weighted by molar-refractivity contribution is 5.41. The number of aryl methyl sites for hydroxylation is 1. The molecule has 1 aliphatic rings. The third-order valence-corrected chi connectivity index (χ3v) is 4.35. The average Bonchev–Trinajstić information content (AvgIpc) is 2.56. The van der Waals surface area contributed by atoms with E-state index in [1.807, 2.05) is 30.3 Å². The lowest BCUT2D eigenvalue weighted by atomic mass is 9.85. The molecule has 0 spiro atoms. The Balaban J connectivity index is 1.88. The number of aliphatic hydroxyl groups is 1. The van der Waals surface area contributed by atoms with Crippen LogP contribution < -0.4 is 10.1 Å². The van der Waals surface area contributed by atoms with Crippen LogP contribution in [0.3, 0.4) is 0 Å². The van der Waals surface area contributed by atoms with Crippen molar-refractivity contribution >= 4 is 0 Å². The Morgan fingerprint density at radius 3 is 2.86 bits per heavy atom. The van der Waals surface area contributed by atoms with Crippen LogP contribution >= 0.6 is 0 Å². The Bertz CT molecular complexity index is 674. The molecule has 3 rings (SSSR count). The molecular weight excluding hydrogens is 281 g/mol. The van der Waals surface area contributed by atoms with E-state index < -0.39 is 5.54 Å². The molecule has 2 aromatic carbocycles. The molecule has 1 heterocycles. The van der Waals surface area contributed by atoms with Gasteiger partial charge in [-0.3, -0.25) is 0 Å². The summed E-state index contributed by atoms with van der Waals surface area (Å²) in [6.45, 7) is 2.59. The summed E-state index contributed by atoms with van der Waals surface area (Å²) in [5.74, 6) is 0.587. The van der Waals surface area contributed by atoms with Crippen molar-refractivity contribution in [3.05, 3.63) is 65.0 Å². The van der Waals surface area contributed by atoms with Gasteiger partial charge >= 0.3 is 0 Å². The van der Waals surface area contributed by atoms with Crippen LogP contribution in [0.5, 0.6) is 5.75 Å². The molecule has 0 aliphatic carbocycles. The molecule has 2 aromatic rings. The van der Waals surface area contributed by atoms with E-state index >= 15 is 0 Å². The molecule has 0 amide bonds. The Morgan fingerprint density at radius 1 is 1.23 bits per heavy atom. The van der Waals surface area contributed by atoms with Crippen molar-refractivity contribution in [1.29, 1.82) is 0 Å². The van der Waals surface area contributed by atoms with Gasteiger partial charge < -0.3 is 15.2 Å². The minimum Gasteiger partial charge on any atom is -0.493 e. The smallest absolute Gasteiger partial charge is 0.130 e. The topological polar surface area (TPSA) is 41.5 Å². The van der Waals surface area contributed by atoms with Crippen molar-refractivity contribution in [2.24, 2.45) is 0 Å². The summed E-state index contributed by atoms with van der Waals surface area (Å²) in [6.07, 6.45) is 0.647. The van der Waals surface area contributed by atoms with Gasteiger partial charge in [0.25, 0.3) is 0 Å². The number of para-hydroxylation sites is 1. The third kappa shape index (κ3) is 2.60. The van der Waals surface area contributed by atoms with Crippen LogP contribution in [0, 0.1) is 12.7 Å². The van der Waals surface area contributed by atoms with Crippen LogP contribution in [0.2, 0.25) is 0 Å². The largest absolute Gasteiger partial charge is 0.493 e. The van der Waals surface area contributed by atoms with E-state index in [9.17, 15) is 9.50 Å². The van der Waals surface area contributed by atoms with Crippen LogP contribution in [0.25, 0.3) is 0 Å². The second-order valence-corrected chi connectivity index (χ2v) is 5.74. The highest BCUT2D eigenvalue weighted by atomic mass is 19.1. The molecular formula is C18H20FNO2. The van der Waals surface area contributed by atoms with Gasteiger partial charge in [0.2, 0.25) is 0 Å². The Labute approximate surface area is 129 Å². The number of halogens is 1. The van der Waals surface area contributed by atoms with Gasteiger partial charge in [-0.15, -0.1) is 0 Å². The van der Waals surface area contributed by atoms with E-state index in [0.29, 0.717) is 30.7 Å². The number of hydrogen-bond donors (Lipinski definition) is 2. The second-order valence-electron chi connectivity index (χ2n) is 5.74. The summed E-state index contributed by atoms with van der Waals surface area (Å²) in [5, 5.41) is 13.3. The van der Waals surface area contributed by atoms with Gasteiger partial charge in [-0.2, -0.15) is 0 Å². The van der Waals surface area contributed by atoms with Gasteiger partial charge in [0.05, 0.1) is 18.8 Å². The zero-order valence-electron chi connectivity index (χ0n) is 12.6. The van der Waals surface area contributed by atoms with Crippen molar-refractivity contribution in [3.8, 4) is 5.75 Å². The molecule has 0 fully saturated rings. The van der Waals surface area contributed by atoms with Gasteiger partial charge in [0, 0.05) is 24.1 Å². The van der Waals surface area contributed by atoms with Gasteiger partial charge in [-0.1, -0.05) is 36.4 Å². The maximum Gasteiger partial charge on any atom is 0.130 e. The first-order chi connectivity index (χ1) is 10.7. The van der Waals surface area contributed by atoms with Gasteiger partial charge in [0.1, 0.15) is 11.6 Å². The minimum atomic E-state index is -0.592. The first-order valence-electron chi connectivity index (χ1n) is 7.48. The molecule has 4 heteroatoms. The van der Waals surface area contributed by atoms with Gasteiger partial charge in [0.15, 0.2) is 0 Å². The van der Waals surface area contributed by atoms with Crippen molar-refractivity contribution in [2.75, 3.05) is 13.2 Å². The fourth-order valence-electron chi connectivity index (χ4n) is 2.97. The number of fused-ring (bicyclic) bond motifs is 1. The molecule has 0 radical (unpaired) electrons. The lowest BCUT2D eigenvalue weighted by Gasteiger charge is -2.38. The first kappa shape index (κ1) is 15.0. The molecule has 22 heavy (non-hydrogen) atoms. The summed E-state index contributed by atoms with van der Waals surface area (Å²) in [4.78, 5) is 0. The Morgan fingerprint density at radius 2 is 2.05 bits per heavy atom.